The van der Waals surface area contributed by atoms with E-state index >= 15 is 0 Å². The van der Waals surface area contributed by atoms with Gasteiger partial charge in [0.1, 0.15) is 5.15 Å². The predicted octanol–water partition coefficient (Wildman–Crippen LogP) is 4.89. The van der Waals surface area contributed by atoms with E-state index in [4.69, 9.17) is 11.6 Å². The lowest BCUT2D eigenvalue weighted by Crippen LogP contribution is -2.21. The number of pyridine rings is 1. The molecule has 7 heteroatoms. The van der Waals surface area contributed by atoms with Crippen molar-refractivity contribution in [2.45, 2.75) is 51.9 Å². The summed E-state index contributed by atoms with van der Waals surface area (Å²) < 4.78 is 24.0. The second kappa shape index (κ2) is 10.5. The molecule has 26 heavy (non-hydrogen) atoms. The fourth-order valence-corrected chi connectivity index (χ4v) is 3.75. The van der Waals surface area contributed by atoms with Crippen LogP contribution in [0.15, 0.2) is 35.4 Å². The molecule has 0 saturated carbocycles. The summed E-state index contributed by atoms with van der Waals surface area (Å²) in [7, 11) is -3.42. The van der Waals surface area contributed by atoms with Crippen molar-refractivity contribution in [3.05, 3.63) is 41.0 Å². The molecule has 0 bridgehead atoms. The molecule has 0 aliphatic heterocycles. The Morgan fingerprint density at radius 3 is 2.58 bits per heavy atom. The Morgan fingerprint density at radius 2 is 1.81 bits per heavy atom. The fourth-order valence-electron chi connectivity index (χ4n) is 2.67. The lowest BCUT2D eigenvalue weighted by atomic mass is 10.1. The van der Waals surface area contributed by atoms with Gasteiger partial charge in [-0.1, -0.05) is 75.2 Å². The number of hydrogen-bond acceptors (Lipinski definition) is 4. The second-order valence-corrected chi connectivity index (χ2v) is 8.53. The Kier molecular flexibility index (Phi) is 8.32. The number of rotatable bonds is 11. The Balaban J connectivity index is 1.82. The highest BCUT2D eigenvalue weighted by Gasteiger charge is 2.08. The summed E-state index contributed by atoms with van der Waals surface area (Å²) in [5, 5.41) is 5.04. The summed E-state index contributed by atoms with van der Waals surface area (Å²) in [5.74, 6) is 0.0851. The number of sulfonamides is 1. The van der Waals surface area contributed by atoms with Crippen LogP contribution in [0.4, 0.5) is 0 Å². The van der Waals surface area contributed by atoms with Gasteiger partial charge in [0.2, 0.25) is 10.0 Å². The van der Waals surface area contributed by atoms with Crippen LogP contribution in [-0.2, 0) is 10.0 Å². The number of fused-ring (bicyclic) bond motifs is 1. The molecule has 0 radical (unpaired) electrons. The lowest BCUT2D eigenvalue weighted by Gasteiger charge is -2.04. The molecule has 2 rings (SSSR count). The van der Waals surface area contributed by atoms with E-state index in [2.05, 4.69) is 21.8 Å². The van der Waals surface area contributed by atoms with E-state index in [-0.39, 0.29) is 5.75 Å². The maximum absolute atomic E-state index is 12.0. The maximum Gasteiger partial charge on any atom is 0.247 e. The molecule has 0 unspecified atom stereocenters. The van der Waals surface area contributed by atoms with Crippen LogP contribution >= 0.6 is 11.6 Å². The number of benzene rings is 1. The summed E-state index contributed by atoms with van der Waals surface area (Å²) in [5.41, 5.74) is 1.36. The third-order valence-corrected chi connectivity index (χ3v) is 5.63. The van der Waals surface area contributed by atoms with E-state index in [1.54, 1.807) is 0 Å². The van der Waals surface area contributed by atoms with Gasteiger partial charge in [0.25, 0.3) is 0 Å². The molecule has 0 aliphatic rings. The van der Waals surface area contributed by atoms with Crippen molar-refractivity contribution in [1.29, 1.82) is 0 Å². The van der Waals surface area contributed by atoms with Crippen LogP contribution in [0.2, 0.25) is 5.15 Å². The summed E-state index contributed by atoms with van der Waals surface area (Å²) in [6.45, 7) is 2.18. The zero-order chi connectivity index (χ0) is 18.8. The molecule has 1 N–H and O–H groups in total. The van der Waals surface area contributed by atoms with Gasteiger partial charge < -0.3 is 0 Å². The molecular weight excluding hydrogens is 370 g/mol. The highest BCUT2D eigenvalue weighted by molar-refractivity contribution is 7.89. The quantitative estimate of drug-likeness (QED) is 0.255. The Hall–Kier alpha value is -1.66. The van der Waals surface area contributed by atoms with Gasteiger partial charge >= 0.3 is 0 Å². The van der Waals surface area contributed by atoms with Crippen LogP contribution in [0.1, 0.15) is 57.4 Å². The first-order valence-electron chi connectivity index (χ1n) is 9.09. The summed E-state index contributed by atoms with van der Waals surface area (Å²) in [6.07, 6.45) is 8.92. The van der Waals surface area contributed by atoms with Gasteiger partial charge in [-0.2, -0.15) is 5.10 Å². The maximum atomic E-state index is 12.0. The minimum absolute atomic E-state index is 0.0851. The molecule has 0 amide bonds. The first-order chi connectivity index (χ1) is 12.5. The third-order valence-electron chi connectivity index (χ3n) is 4.12. The first-order valence-corrected chi connectivity index (χ1v) is 11.1. The second-order valence-electron chi connectivity index (χ2n) is 6.35. The van der Waals surface area contributed by atoms with Crippen molar-refractivity contribution in [3.63, 3.8) is 0 Å². The van der Waals surface area contributed by atoms with E-state index in [0.29, 0.717) is 17.1 Å². The normalized spacial score (nSPS) is 12.1. The number of halogens is 1. The molecule has 0 spiro atoms. The van der Waals surface area contributed by atoms with E-state index in [1.807, 2.05) is 30.3 Å². The molecule has 0 aliphatic carbocycles. The molecule has 0 atom stereocenters. The monoisotopic (exact) mass is 395 g/mol. The molecule has 0 fully saturated rings. The molecule has 1 aromatic heterocycles. The Bertz CT molecular complexity index is 838. The van der Waals surface area contributed by atoms with E-state index in [0.717, 1.165) is 23.7 Å². The number of para-hydroxylation sites is 1. The number of nitrogens with zero attached hydrogens (tertiary/aromatic N) is 2. The van der Waals surface area contributed by atoms with E-state index < -0.39 is 10.0 Å². The van der Waals surface area contributed by atoms with Gasteiger partial charge in [0, 0.05) is 10.9 Å². The van der Waals surface area contributed by atoms with Crippen molar-refractivity contribution in [2.75, 3.05) is 5.75 Å². The van der Waals surface area contributed by atoms with Crippen LogP contribution in [-0.4, -0.2) is 25.4 Å². The van der Waals surface area contributed by atoms with Crippen molar-refractivity contribution >= 4 is 38.7 Å². The fraction of sp³-hybridized carbons (Fsp3) is 0.474. The summed E-state index contributed by atoms with van der Waals surface area (Å²) >= 11 is 6.13. The zero-order valence-corrected chi connectivity index (χ0v) is 16.7. The Morgan fingerprint density at radius 1 is 1.12 bits per heavy atom. The van der Waals surface area contributed by atoms with Crippen molar-refractivity contribution in [1.82, 2.24) is 9.82 Å². The van der Waals surface area contributed by atoms with Crippen LogP contribution in [0.5, 0.6) is 0 Å². The van der Waals surface area contributed by atoms with Gasteiger partial charge in [0.05, 0.1) is 17.5 Å². The highest BCUT2D eigenvalue weighted by atomic mass is 35.5. The average molecular weight is 396 g/mol. The minimum atomic E-state index is -3.42. The first kappa shape index (κ1) is 20.6. The molecule has 0 saturated heterocycles. The molecule has 2 aromatic rings. The number of nitrogens with one attached hydrogen (secondary N) is 1. The van der Waals surface area contributed by atoms with Crippen LogP contribution in [0.25, 0.3) is 10.9 Å². The van der Waals surface area contributed by atoms with Crippen molar-refractivity contribution in [2.24, 2.45) is 5.10 Å². The smallest absolute Gasteiger partial charge is 0.235 e. The van der Waals surface area contributed by atoms with Gasteiger partial charge in [-0.3, -0.25) is 0 Å². The topological polar surface area (TPSA) is 71.4 Å². The molecular formula is C19H26ClN3O2S. The van der Waals surface area contributed by atoms with Crippen molar-refractivity contribution in [3.8, 4) is 0 Å². The molecule has 1 aromatic carbocycles. The van der Waals surface area contributed by atoms with Crippen LogP contribution in [0.3, 0.4) is 0 Å². The summed E-state index contributed by atoms with van der Waals surface area (Å²) in [6, 6.07) is 9.41. The number of aromatic nitrogens is 1. The van der Waals surface area contributed by atoms with Gasteiger partial charge in [-0.25, -0.2) is 18.2 Å². The number of hydrazone groups is 1. The molecule has 1 heterocycles. The third kappa shape index (κ3) is 6.92. The van der Waals surface area contributed by atoms with E-state index in [1.165, 1.54) is 31.9 Å². The number of unbranched alkanes of at least 4 members (excludes halogenated alkanes) is 6. The van der Waals surface area contributed by atoms with Crippen LogP contribution in [0, 0.1) is 0 Å². The van der Waals surface area contributed by atoms with Crippen molar-refractivity contribution < 1.29 is 8.42 Å². The molecule has 142 valence electrons. The Labute approximate surface area is 160 Å². The van der Waals surface area contributed by atoms with Gasteiger partial charge in [0.15, 0.2) is 0 Å². The standard InChI is InChI=1S/C19H26ClN3O2S/c1-2-3-4-5-6-7-10-13-26(24,25)23-21-15-17-14-16-11-8-9-12-18(16)22-19(17)20/h8-9,11-12,14-15,23H,2-7,10,13H2,1H3/b21-15+. The van der Waals surface area contributed by atoms with Gasteiger partial charge in [-0.15, -0.1) is 0 Å². The van der Waals surface area contributed by atoms with E-state index in [9.17, 15) is 8.42 Å². The predicted molar refractivity (Wildman–Crippen MR) is 109 cm³/mol. The average Bonchev–Trinajstić information content (AvgIpc) is 2.61. The molecule has 5 nitrogen and oxygen atoms in total. The zero-order valence-electron chi connectivity index (χ0n) is 15.1. The largest absolute Gasteiger partial charge is 0.247 e. The summed E-state index contributed by atoms with van der Waals surface area (Å²) in [4.78, 5) is 6.53. The van der Waals surface area contributed by atoms with Gasteiger partial charge in [-0.05, 0) is 18.6 Å². The van der Waals surface area contributed by atoms with Crippen LogP contribution < -0.4 is 4.83 Å². The SMILES string of the molecule is CCCCCCCCCS(=O)(=O)N/N=C/c1cc2ccccc2nc1Cl. The minimum Gasteiger partial charge on any atom is -0.235 e. The lowest BCUT2D eigenvalue weighted by molar-refractivity contribution is 0.570. The number of hydrogen-bond donors (Lipinski definition) is 1. The highest BCUT2D eigenvalue weighted by Crippen LogP contribution is 2.18.